The lowest BCUT2D eigenvalue weighted by molar-refractivity contribution is 0.0657. The number of rotatable bonds is 3. The van der Waals surface area contributed by atoms with Crippen LogP contribution in [0, 0.1) is 0 Å². The van der Waals surface area contributed by atoms with Crippen molar-refractivity contribution >= 4 is 15.9 Å². The van der Waals surface area contributed by atoms with E-state index in [2.05, 4.69) is 0 Å². The van der Waals surface area contributed by atoms with Gasteiger partial charge in [-0.15, -0.1) is 0 Å². The van der Waals surface area contributed by atoms with Crippen molar-refractivity contribution < 1.29 is 17.9 Å². The maximum Gasteiger partial charge on any atom is 0.257 e. The highest BCUT2D eigenvalue weighted by Crippen LogP contribution is 2.32. The van der Waals surface area contributed by atoms with Crippen LogP contribution in [0.5, 0.6) is 5.75 Å². The molecular weight excluding hydrogens is 424 g/mol. The minimum Gasteiger partial charge on any atom is -0.488 e. The number of amides is 1. The predicted octanol–water partition coefficient (Wildman–Crippen LogP) is 4.07. The molecule has 4 rings (SSSR count). The molecule has 1 amide bonds. The second-order valence-corrected chi connectivity index (χ2v) is 10.7. The lowest BCUT2D eigenvalue weighted by Crippen LogP contribution is -2.51. The fourth-order valence-electron chi connectivity index (χ4n) is 4.76. The van der Waals surface area contributed by atoms with Gasteiger partial charge in [0.1, 0.15) is 11.9 Å². The number of ether oxygens (including phenoxy) is 1. The highest BCUT2D eigenvalue weighted by Gasteiger charge is 2.38. The Hall–Kier alpha value is -2.38. The maximum atomic E-state index is 13.6. The van der Waals surface area contributed by atoms with E-state index in [0.717, 1.165) is 37.7 Å². The van der Waals surface area contributed by atoms with Gasteiger partial charge < -0.3 is 9.64 Å². The maximum absolute atomic E-state index is 13.6. The molecule has 7 heteroatoms. The van der Waals surface area contributed by atoms with Crippen molar-refractivity contribution in [2.45, 2.75) is 56.4 Å². The molecule has 2 atom stereocenters. The fraction of sp³-hybridized carbons (Fsp3) is 0.480. The van der Waals surface area contributed by atoms with Crippen LogP contribution in [0.2, 0.25) is 0 Å². The van der Waals surface area contributed by atoms with Crippen molar-refractivity contribution in [1.82, 2.24) is 9.21 Å². The quantitative estimate of drug-likeness (QED) is 0.698. The van der Waals surface area contributed by atoms with E-state index >= 15 is 0 Å². The first kappa shape index (κ1) is 22.8. The monoisotopic (exact) mass is 456 g/mol. The zero-order valence-electron chi connectivity index (χ0n) is 18.7. The second-order valence-electron chi connectivity index (χ2n) is 8.79. The number of hydrogen-bond acceptors (Lipinski definition) is 4. The third kappa shape index (κ3) is 5.15. The van der Waals surface area contributed by atoms with Gasteiger partial charge in [0.25, 0.3) is 5.91 Å². The smallest absolute Gasteiger partial charge is 0.257 e. The van der Waals surface area contributed by atoms with Gasteiger partial charge >= 0.3 is 0 Å². The van der Waals surface area contributed by atoms with Crippen molar-refractivity contribution in [3.8, 4) is 5.75 Å². The van der Waals surface area contributed by atoms with E-state index in [1.54, 1.807) is 22.3 Å². The molecule has 0 radical (unpaired) electrons. The third-order valence-corrected chi connectivity index (χ3v) is 8.32. The van der Waals surface area contributed by atoms with E-state index in [-0.39, 0.29) is 23.8 Å². The van der Waals surface area contributed by atoms with Crippen LogP contribution in [0.25, 0.3) is 0 Å². The van der Waals surface area contributed by atoms with Gasteiger partial charge in [-0.05, 0) is 49.8 Å². The zero-order valence-corrected chi connectivity index (χ0v) is 19.5. The van der Waals surface area contributed by atoms with Crippen LogP contribution >= 0.6 is 0 Å². The zero-order chi connectivity index (χ0) is 22.6. The Bertz CT molecular complexity index is 1030. The summed E-state index contributed by atoms with van der Waals surface area (Å²) in [4.78, 5) is 14.7. The van der Waals surface area contributed by atoms with Crippen LogP contribution in [0.3, 0.4) is 0 Å². The van der Waals surface area contributed by atoms with Crippen molar-refractivity contribution in [3.05, 3.63) is 65.7 Å². The van der Waals surface area contributed by atoms with Gasteiger partial charge in [0.2, 0.25) is 10.0 Å². The summed E-state index contributed by atoms with van der Waals surface area (Å²) in [5.74, 6) is 0.482. The van der Waals surface area contributed by atoms with E-state index in [9.17, 15) is 13.2 Å². The molecule has 0 N–H and O–H groups in total. The van der Waals surface area contributed by atoms with Gasteiger partial charge in [0.15, 0.2) is 0 Å². The molecular formula is C25H32N2O4S. The Balaban J connectivity index is 1.68. The van der Waals surface area contributed by atoms with Crippen molar-refractivity contribution in [2.24, 2.45) is 0 Å². The van der Waals surface area contributed by atoms with Gasteiger partial charge in [-0.3, -0.25) is 4.79 Å². The van der Waals surface area contributed by atoms with Crippen LogP contribution in [0.4, 0.5) is 0 Å². The van der Waals surface area contributed by atoms with E-state index in [1.165, 1.54) is 0 Å². The van der Waals surface area contributed by atoms with Crippen molar-refractivity contribution in [3.63, 3.8) is 0 Å². The van der Waals surface area contributed by atoms with Crippen LogP contribution in [-0.4, -0.2) is 55.8 Å². The van der Waals surface area contributed by atoms with Crippen molar-refractivity contribution in [2.75, 3.05) is 20.1 Å². The topological polar surface area (TPSA) is 66.9 Å². The lowest BCUT2D eigenvalue weighted by atomic mass is 9.92. The first-order chi connectivity index (χ1) is 15.5. The Morgan fingerprint density at radius 3 is 2.41 bits per heavy atom. The number of fused-ring (bicyclic) bond motifs is 2. The molecule has 0 saturated heterocycles. The molecule has 172 valence electrons. The largest absolute Gasteiger partial charge is 0.488 e. The highest BCUT2D eigenvalue weighted by atomic mass is 32.2. The second kappa shape index (κ2) is 10.0. The SMILES string of the molecule is CN1CCCCN(S(=O)(=O)Cc2ccccc2)[C@@H]2CCCC[C@@H]2Oc2ccccc2C1=O. The van der Waals surface area contributed by atoms with Crippen LogP contribution in [-0.2, 0) is 15.8 Å². The van der Waals surface area contributed by atoms with Gasteiger partial charge in [-0.2, -0.15) is 4.31 Å². The molecule has 1 aliphatic carbocycles. The summed E-state index contributed by atoms with van der Waals surface area (Å²) >= 11 is 0. The third-order valence-electron chi connectivity index (χ3n) is 6.45. The molecule has 32 heavy (non-hydrogen) atoms. The summed E-state index contributed by atoms with van der Waals surface area (Å²) in [5, 5.41) is 0. The first-order valence-electron chi connectivity index (χ1n) is 11.5. The Kier molecular flexibility index (Phi) is 7.16. The predicted molar refractivity (Wildman–Crippen MR) is 125 cm³/mol. The summed E-state index contributed by atoms with van der Waals surface area (Å²) in [6.07, 6.45) is 4.70. The number of carbonyl (C=O) groups excluding carboxylic acids is 1. The summed E-state index contributed by atoms with van der Waals surface area (Å²) in [7, 11) is -1.73. The summed E-state index contributed by atoms with van der Waals surface area (Å²) in [6, 6.07) is 16.5. The number of hydrogen-bond donors (Lipinski definition) is 0. The Labute approximate surface area is 191 Å². The summed E-state index contributed by atoms with van der Waals surface area (Å²) < 4.78 is 35.3. The average Bonchev–Trinajstić information content (AvgIpc) is 2.79. The number of nitrogens with zero attached hydrogens (tertiary/aromatic N) is 2. The average molecular weight is 457 g/mol. The van der Waals surface area contributed by atoms with E-state index in [1.807, 2.05) is 48.5 Å². The summed E-state index contributed by atoms with van der Waals surface area (Å²) in [5.41, 5.74) is 1.33. The standard InChI is InChI=1S/C25H32N2O4S/c1-26-17-9-10-18-27(32(29,30)19-20-11-3-2-4-12-20)22-14-6-8-16-24(22)31-23-15-7-5-13-21(23)25(26)28/h2-5,7,11-13,15,22,24H,6,8-10,14,16-19H2,1H3/t22-,24+/m1/s1. The molecule has 2 aromatic rings. The van der Waals surface area contributed by atoms with Gasteiger partial charge in [0.05, 0.1) is 17.4 Å². The van der Waals surface area contributed by atoms with Gasteiger partial charge in [-0.1, -0.05) is 48.9 Å². The normalized spacial score (nSPS) is 23.3. The van der Waals surface area contributed by atoms with Crippen molar-refractivity contribution in [1.29, 1.82) is 0 Å². The van der Waals surface area contributed by atoms with E-state index in [0.29, 0.717) is 30.8 Å². The highest BCUT2D eigenvalue weighted by molar-refractivity contribution is 7.88. The Morgan fingerprint density at radius 2 is 1.59 bits per heavy atom. The molecule has 1 fully saturated rings. The molecule has 6 nitrogen and oxygen atoms in total. The molecule has 1 aliphatic heterocycles. The number of benzene rings is 2. The number of sulfonamides is 1. The molecule has 1 heterocycles. The van der Waals surface area contributed by atoms with Crippen LogP contribution in [0.15, 0.2) is 54.6 Å². The minimum absolute atomic E-state index is 0.00790. The molecule has 2 aliphatic rings. The fourth-order valence-corrected chi connectivity index (χ4v) is 6.60. The number of carbonyl (C=O) groups is 1. The van der Waals surface area contributed by atoms with Crippen LogP contribution in [0.1, 0.15) is 54.4 Å². The van der Waals surface area contributed by atoms with E-state index in [4.69, 9.17) is 4.74 Å². The summed E-state index contributed by atoms with van der Waals surface area (Å²) in [6.45, 7) is 1.03. The minimum atomic E-state index is -3.52. The molecule has 0 unspecified atom stereocenters. The Morgan fingerprint density at radius 1 is 0.906 bits per heavy atom. The molecule has 1 saturated carbocycles. The van der Waals surface area contributed by atoms with Gasteiger partial charge in [-0.25, -0.2) is 8.42 Å². The van der Waals surface area contributed by atoms with E-state index < -0.39 is 10.0 Å². The van der Waals surface area contributed by atoms with Crippen LogP contribution < -0.4 is 4.74 Å². The number of para-hydroxylation sites is 1. The molecule has 0 bridgehead atoms. The lowest BCUT2D eigenvalue weighted by Gasteiger charge is -2.39. The molecule has 0 spiro atoms. The van der Waals surface area contributed by atoms with Gasteiger partial charge in [0, 0.05) is 20.1 Å². The molecule has 0 aromatic heterocycles. The first-order valence-corrected chi connectivity index (χ1v) is 13.1. The molecule has 2 aromatic carbocycles.